The molecule has 1 heterocycles. The number of ketones is 1. The highest BCUT2D eigenvalue weighted by Crippen LogP contribution is 2.23. The smallest absolute Gasteiger partial charge is 0.227 e. The Bertz CT molecular complexity index is 879. The number of amides is 1. The third-order valence-electron chi connectivity index (χ3n) is 4.16. The zero-order valence-electron chi connectivity index (χ0n) is 14.2. The average molecular weight is 346 g/mol. The molecule has 5 heteroatoms. The minimum absolute atomic E-state index is 0.0461. The SMILES string of the molecule is N#CCOc1ccccc1/C=C/C(=O)c1ccc(N2CCCC2=O)cc1. The van der Waals surface area contributed by atoms with E-state index in [1.807, 2.05) is 24.3 Å². The van der Waals surface area contributed by atoms with Crippen LogP contribution in [-0.2, 0) is 4.79 Å². The molecule has 1 saturated heterocycles. The van der Waals surface area contributed by atoms with E-state index in [0.29, 0.717) is 17.7 Å². The van der Waals surface area contributed by atoms with Crippen molar-refractivity contribution in [1.82, 2.24) is 0 Å². The highest BCUT2D eigenvalue weighted by atomic mass is 16.5. The number of benzene rings is 2. The molecule has 0 spiro atoms. The van der Waals surface area contributed by atoms with Crippen molar-refractivity contribution < 1.29 is 14.3 Å². The lowest BCUT2D eigenvalue weighted by Crippen LogP contribution is -2.23. The Balaban J connectivity index is 1.71. The topological polar surface area (TPSA) is 70.4 Å². The van der Waals surface area contributed by atoms with Crippen molar-refractivity contribution in [2.45, 2.75) is 12.8 Å². The number of carbonyl (C=O) groups is 2. The van der Waals surface area contributed by atoms with E-state index >= 15 is 0 Å². The van der Waals surface area contributed by atoms with Gasteiger partial charge in [0.05, 0.1) is 0 Å². The van der Waals surface area contributed by atoms with Crippen molar-refractivity contribution in [3.63, 3.8) is 0 Å². The number of nitrogens with zero attached hydrogens (tertiary/aromatic N) is 2. The third kappa shape index (κ3) is 3.98. The summed E-state index contributed by atoms with van der Waals surface area (Å²) in [5, 5.41) is 8.63. The molecule has 0 aromatic heterocycles. The van der Waals surface area contributed by atoms with Crippen LogP contribution in [0.2, 0.25) is 0 Å². The normalized spacial score (nSPS) is 13.8. The molecule has 130 valence electrons. The van der Waals surface area contributed by atoms with Gasteiger partial charge in [-0.05, 0) is 48.9 Å². The number of carbonyl (C=O) groups excluding carboxylic acids is 2. The fourth-order valence-electron chi connectivity index (χ4n) is 2.85. The summed E-state index contributed by atoms with van der Waals surface area (Å²) in [5.74, 6) is 0.540. The molecule has 1 fully saturated rings. The zero-order chi connectivity index (χ0) is 18.4. The molecule has 1 aliphatic rings. The maximum atomic E-state index is 12.4. The number of rotatable bonds is 6. The number of anilines is 1. The fourth-order valence-corrected chi connectivity index (χ4v) is 2.85. The van der Waals surface area contributed by atoms with Gasteiger partial charge in [0.25, 0.3) is 0 Å². The number of para-hydroxylation sites is 1. The number of allylic oxidation sites excluding steroid dienone is 1. The van der Waals surface area contributed by atoms with Crippen LogP contribution in [0.15, 0.2) is 54.6 Å². The Morgan fingerprint density at radius 2 is 1.96 bits per heavy atom. The Kier molecular flexibility index (Phi) is 5.45. The maximum absolute atomic E-state index is 12.4. The summed E-state index contributed by atoms with van der Waals surface area (Å²) in [4.78, 5) is 25.9. The van der Waals surface area contributed by atoms with Gasteiger partial charge >= 0.3 is 0 Å². The first-order valence-corrected chi connectivity index (χ1v) is 8.40. The van der Waals surface area contributed by atoms with Crippen molar-refractivity contribution in [2.75, 3.05) is 18.1 Å². The van der Waals surface area contributed by atoms with Crippen LogP contribution in [-0.4, -0.2) is 24.8 Å². The fraction of sp³-hybridized carbons (Fsp3) is 0.190. The summed E-state index contributed by atoms with van der Waals surface area (Å²) < 4.78 is 5.35. The van der Waals surface area contributed by atoms with Gasteiger partial charge in [0.1, 0.15) is 11.8 Å². The summed E-state index contributed by atoms with van der Waals surface area (Å²) in [7, 11) is 0. The molecule has 0 bridgehead atoms. The third-order valence-corrected chi connectivity index (χ3v) is 4.16. The second-order valence-electron chi connectivity index (χ2n) is 5.88. The molecule has 3 rings (SSSR count). The highest BCUT2D eigenvalue weighted by molar-refractivity contribution is 6.07. The van der Waals surface area contributed by atoms with Crippen molar-refractivity contribution >= 4 is 23.5 Å². The Labute approximate surface area is 152 Å². The second kappa shape index (κ2) is 8.13. The highest BCUT2D eigenvalue weighted by Gasteiger charge is 2.21. The van der Waals surface area contributed by atoms with Gasteiger partial charge in [-0.25, -0.2) is 0 Å². The molecule has 1 aliphatic heterocycles. The number of hydrogen-bond acceptors (Lipinski definition) is 4. The molecular formula is C21H18N2O3. The van der Waals surface area contributed by atoms with Gasteiger partial charge in [0.2, 0.25) is 5.91 Å². The molecule has 0 atom stereocenters. The van der Waals surface area contributed by atoms with Gasteiger partial charge in [-0.1, -0.05) is 18.2 Å². The lowest BCUT2D eigenvalue weighted by molar-refractivity contribution is -0.117. The van der Waals surface area contributed by atoms with Gasteiger partial charge < -0.3 is 9.64 Å². The standard InChI is InChI=1S/C21H18N2O3/c22-13-15-26-20-5-2-1-4-17(20)9-12-19(24)16-7-10-18(11-8-16)23-14-3-6-21(23)25/h1-2,4-5,7-12H,3,6,14-15H2/b12-9+. The summed E-state index contributed by atoms with van der Waals surface area (Å²) in [6.45, 7) is 0.682. The predicted octanol–water partition coefficient (Wildman–Crippen LogP) is 3.61. The molecule has 0 saturated carbocycles. The minimum Gasteiger partial charge on any atom is -0.478 e. The van der Waals surface area contributed by atoms with E-state index in [2.05, 4.69) is 0 Å². The Hall–Kier alpha value is -3.39. The van der Waals surface area contributed by atoms with Crippen molar-refractivity contribution in [1.29, 1.82) is 5.26 Å². The molecule has 2 aromatic carbocycles. The van der Waals surface area contributed by atoms with Crippen LogP contribution < -0.4 is 9.64 Å². The first kappa shape index (κ1) is 17.4. The van der Waals surface area contributed by atoms with Crippen LogP contribution in [0.5, 0.6) is 5.75 Å². The van der Waals surface area contributed by atoms with Gasteiger partial charge in [0, 0.05) is 29.8 Å². The quantitative estimate of drug-likeness (QED) is 0.592. The van der Waals surface area contributed by atoms with Crippen LogP contribution in [0.25, 0.3) is 6.08 Å². The van der Waals surface area contributed by atoms with Crippen molar-refractivity contribution in [2.24, 2.45) is 0 Å². The molecule has 2 aromatic rings. The van der Waals surface area contributed by atoms with Gasteiger partial charge in [0.15, 0.2) is 12.4 Å². The van der Waals surface area contributed by atoms with E-state index in [1.165, 1.54) is 6.08 Å². The lowest BCUT2D eigenvalue weighted by atomic mass is 10.1. The second-order valence-corrected chi connectivity index (χ2v) is 5.88. The van der Waals surface area contributed by atoms with Crippen LogP contribution in [0.1, 0.15) is 28.8 Å². The molecule has 0 aliphatic carbocycles. The minimum atomic E-state index is -0.139. The first-order valence-electron chi connectivity index (χ1n) is 8.40. The first-order chi connectivity index (χ1) is 12.7. The van der Waals surface area contributed by atoms with E-state index in [9.17, 15) is 9.59 Å². The van der Waals surface area contributed by atoms with E-state index < -0.39 is 0 Å². The molecule has 1 amide bonds. The molecular weight excluding hydrogens is 328 g/mol. The summed E-state index contributed by atoms with van der Waals surface area (Å²) >= 11 is 0. The van der Waals surface area contributed by atoms with Gasteiger partial charge in [-0.3, -0.25) is 9.59 Å². The van der Waals surface area contributed by atoms with Gasteiger partial charge in [-0.2, -0.15) is 5.26 Å². The monoisotopic (exact) mass is 346 g/mol. The molecule has 26 heavy (non-hydrogen) atoms. The summed E-state index contributed by atoms with van der Waals surface area (Å²) in [6, 6.07) is 16.2. The van der Waals surface area contributed by atoms with E-state index in [4.69, 9.17) is 10.00 Å². The number of ether oxygens (including phenoxy) is 1. The van der Waals surface area contributed by atoms with E-state index in [0.717, 1.165) is 24.2 Å². The van der Waals surface area contributed by atoms with Gasteiger partial charge in [-0.15, -0.1) is 0 Å². The molecule has 0 radical (unpaired) electrons. The van der Waals surface area contributed by atoms with Crippen molar-refractivity contribution in [3.8, 4) is 11.8 Å². The largest absolute Gasteiger partial charge is 0.478 e. The number of nitriles is 1. The van der Waals surface area contributed by atoms with Crippen LogP contribution >= 0.6 is 0 Å². The average Bonchev–Trinajstić information content (AvgIpc) is 3.11. The number of hydrogen-bond donors (Lipinski definition) is 0. The zero-order valence-corrected chi connectivity index (χ0v) is 14.2. The Morgan fingerprint density at radius 3 is 2.65 bits per heavy atom. The molecule has 5 nitrogen and oxygen atoms in total. The van der Waals surface area contributed by atoms with E-state index in [1.54, 1.807) is 41.3 Å². The van der Waals surface area contributed by atoms with Crippen LogP contribution in [0.4, 0.5) is 5.69 Å². The maximum Gasteiger partial charge on any atom is 0.227 e. The molecule has 0 N–H and O–H groups in total. The Morgan fingerprint density at radius 1 is 1.19 bits per heavy atom. The molecule has 0 unspecified atom stereocenters. The summed E-state index contributed by atoms with van der Waals surface area (Å²) in [6.07, 6.45) is 4.60. The van der Waals surface area contributed by atoms with E-state index in [-0.39, 0.29) is 18.3 Å². The summed E-state index contributed by atoms with van der Waals surface area (Å²) in [5.41, 5.74) is 2.10. The van der Waals surface area contributed by atoms with Crippen LogP contribution in [0.3, 0.4) is 0 Å². The lowest BCUT2D eigenvalue weighted by Gasteiger charge is -2.15. The van der Waals surface area contributed by atoms with Crippen LogP contribution in [0, 0.1) is 11.3 Å². The van der Waals surface area contributed by atoms with Crippen molar-refractivity contribution in [3.05, 3.63) is 65.7 Å². The predicted molar refractivity (Wildman–Crippen MR) is 98.9 cm³/mol.